The van der Waals surface area contributed by atoms with Gasteiger partial charge in [-0.05, 0) is 13.0 Å². The van der Waals surface area contributed by atoms with Crippen molar-refractivity contribution in [3.63, 3.8) is 0 Å². The van der Waals surface area contributed by atoms with E-state index in [1.54, 1.807) is 6.92 Å². The summed E-state index contributed by atoms with van der Waals surface area (Å²) < 4.78 is 39.8. The second-order valence-electron chi connectivity index (χ2n) is 5.33. The third kappa shape index (κ3) is 3.20. The molecule has 0 amide bonds. The Kier molecular flexibility index (Phi) is 4.71. The molecule has 23 heavy (non-hydrogen) atoms. The van der Waals surface area contributed by atoms with E-state index in [1.807, 2.05) is 0 Å². The molecule has 0 bridgehead atoms. The fraction of sp³-hybridized carbons (Fsp3) is 0.571. The van der Waals surface area contributed by atoms with E-state index in [0.717, 1.165) is 6.20 Å². The number of aromatic nitrogens is 2. The molecule has 1 aliphatic heterocycles. The Hall–Kier alpha value is -2.00. The van der Waals surface area contributed by atoms with E-state index in [4.69, 9.17) is 15.2 Å². The molecule has 1 aromatic heterocycles. The molecule has 128 valence electrons. The molecule has 0 radical (unpaired) electrons. The topological polar surface area (TPSA) is 99.6 Å². The summed E-state index contributed by atoms with van der Waals surface area (Å²) in [5, 5.41) is 9.90. The molecular weight excluding hydrogens is 312 g/mol. The van der Waals surface area contributed by atoms with E-state index in [1.165, 1.54) is 13.0 Å². The van der Waals surface area contributed by atoms with E-state index in [0.29, 0.717) is 16.7 Å². The van der Waals surface area contributed by atoms with E-state index in [2.05, 4.69) is 11.6 Å². The van der Waals surface area contributed by atoms with Gasteiger partial charge >= 0.3 is 11.6 Å². The number of nitrogen functional groups attached to an aromatic ring is 1. The summed E-state index contributed by atoms with van der Waals surface area (Å²) in [4.78, 5) is 15.1. The lowest BCUT2D eigenvalue weighted by molar-refractivity contribution is -0.141. The number of hydrogen-bond acceptors (Lipinski definition) is 6. The molecule has 4 atom stereocenters. The summed E-state index contributed by atoms with van der Waals surface area (Å²) in [5.41, 5.74) is 4.34. The number of allylic oxidation sites excluding steroid dienone is 1. The SMILES string of the molecule is C=C(CC)O[C@@H](C)[C@H]1O[C@@H](n2ccc(N)nc2=O)C(F)(F)[C@@H]1O. The highest BCUT2D eigenvalue weighted by molar-refractivity contribution is 5.23. The number of ether oxygens (including phenoxy) is 2. The molecule has 9 heteroatoms. The Morgan fingerprint density at radius 3 is 2.91 bits per heavy atom. The summed E-state index contributed by atoms with van der Waals surface area (Å²) >= 11 is 0. The van der Waals surface area contributed by atoms with Crippen molar-refractivity contribution in [1.82, 2.24) is 9.55 Å². The zero-order chi connectivity index (χ0) is 17.4. The Bertz CT molecular complexity index is 649. The number of rotatable bonds is 5. The van der Waals surface area contributed by atoms with Crippen molar-refractivity contribution >= 4 is 5.82 Å². The van der Waals surface area contributed by atoms with E-state index in [9.17, 15) is 18.7 Å². The number of anilines is 1. The monoisotopic (exact) mass is 331 g/mol. The van der Waals surface area contributed by atoms with Gasteiger partial charge in [-0.15, -0.1) is 0 Å². The first-order valence-electron chi connectivity index (χ1n) is 7.09. The highest BCUT2D eigenvalue weighted by atomic mass is 19.3. The first kappa shape index (κ1) is 17.4. The van der Waals surface area contributed by atoms with Gasteiger partial charge in [-0.1, -0.05) is 13.5 Å². The maximum absolute atomic E-state index is 14.3. The molecular formula is C14H19F2N3O4. The van der Waals surface area contributed by atoms with Gasteiger partial charge in [0.25, 0.3) is 0 Å². The van der Waals surface area contributed by atoms with Crippen LogP contribution in [0.1, 0.15) is 26.5 Å². The van der Waals surface area contributed by atoms with Gasteiger partial charge in [0.15, 0.2) is 6.10 Å². The largest absolute Gasteiger partial charge is 0.493 e. The van der Waals surface area contributed by atoms with Gasteiger partial charge in [0.2, 0.25) is 6.23 Å². The minimum Gasteiger partial charge on any atom is -0.493 e. The molecule has 3 N–H and O–H groups in total. The summed E-state index contributed by atoms with van der Waals surface area (Å²) in [6.45, 7) is 6.89. The van der Waals surface area contributed by atoms with Crippen molar-refractivity contribution in [2.75, 3.05) is 5.73 Å². The molecule has 1 aliphatic rings. The van der Waals surface area contributed by atoms with Crippen molar-refractivity contribution in [3.05, 3.63) is 35.1 Å². The molecule has 1 fully saturated rings. The van der Waals surface area contributed by atoms with Crippen LogP contribution in [0.25, 0.3) is 0 Å². The average molecular weight is 331 g/mol. The van der Waals surface area contributed by atoms with Crippen molar-refractivity contribution in [3.8, 4) is 0 Å². The van der Waals surface area contributed by atoms with Gasteiger partial charge in [-0.2, -0.15) is 13.8 Å². The van der Waals surface area contributed by atoms with Gasteiger partial charge in [0, 0.05) is 12.6 Å². The van der Waals surface area contributed by atoms with Crippen LogP contribution >= 0.6 is 0 Å². The van der Waals surface area contributed by atoms with Gasteiger partial charge in [0.05, 0.1) is 5.76 Å². The molecule has 1 aromatic rings. The standard InChI is InChI=1S/C14H19F2N3O4/c1-4-7(2)22-8(3)10-11(20)14(15,16)12(23-10)19-6-5-9(17)18-13(19)21/h5-6,8,10-12,20H,2,4H2,1,3H3,(H2,17,18,21)/t8-,10+,11+,12+/m0/s1. The predicted molar refractivity (Wildman–Crippen MR) is 77.8 cm³/mol. The van der Waals surface area contributed by atoms with Crippen molar-refractivity contribution < 1.29 is 23.4 Å². The molecule has 7 nitrogen and oxygen atoms in total. The highest BCUT2D eigenvalue weighted by Gasteiger charge is 2.61. The number of hydrogen-bond donors (Lipinski definition) is 2. The van der Waals surface area contributed by atoms with Crippen molar-refractivity contribution in [1.29, 1.82) is 0 Å². The zero-order valence-corrected chi connectivity index (χ0v) is 12.8. The Morgan fingerprint density at radius 2 is 2.35 bits per heavy atom. The molecule has 0 aliphatic carbocycles. The van der Waals surface area contributed by atoms with Gasteiger partial charge in [-0.25, -0.2) is 4.79 Å². The summed E-state index contributed by atoms with van der Waals surface area (Å²) in [5.74, 6) is -3.41. The number of nitrogens with two attached hydrogens (primary N) is 1. The van der Waals surface area contributed by atoms with E-state index >= 15 is 0 Å². The predicted octanol–water partition coefficient (Wildman–Crippen LogP) is 1.05. The summed E-state index contributed by atoms with van der Waals surface area (Å²) in [7, 11) is 0. The lowest BCUT2D eigenvalue weighted by Gasteiger charge is -2.23. The second-order valence-corrected chi connectivity index (χ2v) is 5.33. The van der Waals surface area contributed by atoms with Crippen LogP contribution < -0.4 is 11.4 Å². The maximum Gasteiger partial charge on any atom is 0.351 e. The number of halogens is 2. The number of aliphatic hydroxyl groups excluding tert-OH is 1. The van der Waals surface area contributed by atoms with Crippen LogP contribution in [-0.4, -0.2) is 38.9 Å². The zero-order valence-electron chi connectivity index (χ0n) is 12.8. The molecule has 0 aromatic carbocycles. The fourth-order valence-electron chi connectivity index (χ4n) is 2.32. The van der Waals surface area contributed by atoms with Gasteiger partial charge < -0.3 is 20.3 Å². The minimum absolute atomic E-state index is 0.0967. The summed E-state index contributed by atoms with van der Waals surface area (Å²) in [6, 6.07) is 1.19. The molecule has 0 saturated carbocycles. The lowest BCUT2D eigenvalue weighted by atomic mass is 10.1. The normalized spacial score (nSPS) is 27.6. The molecule has 2 rings (SSSR count). The third-order valence-corrected chi connectivity index (χ3v) is 3.63. The van der Waals surface area contributed by atoms with Crippen LogP contribution in [0.15, 0.2) is 29.4 Å². The van der Waals surface area contributed by atoms with Crippen LogP contribution in [-0.2, 0) is 9.47 Å². The number of nitrogens with zero attached hydrogens (tertiary/aromatic N) is 2. The average Bonchev–Trinajstić information content (AvgIpc) is 2.70. The quantitative estimate of drug-likeness (QED) is 0.782. The lowest BCUT2D eigenvalue weighted by Crippen LogP contribution is -2.43. The molecule has 0 unspecified atom stereocenters. The van der Waals surface area contributed by atoms with Crippen LogP contribution in [0.2, 0.25) is 0 Å². The molecule has 2 heterocycles. The smallest absolute Gasteiger partial charge is 0.351 e. The minimum atomic E-state index is -3.70. The van der Waals surface area contributed by atoms with Crippen LogP contribution in [0.5, 0.6) is 0 Å². The maximum atomic E-state index is 14.3. The second kappa shape index (κ2) is 6.25. The van der Waals surface area contributed by atoms with Crippen molar-refractivity contribution in [2.24, 2.45) is 0 Å². The molecule has 0 spiro atoms. The van der Waals surface area contributed by atoms with E-state index in [-0.39, 0.29) is 5.82 Å². The van der Waals surface area contributed by atoms with Crippen LogP contribution in [0, 0.1) is 0 Å². The Labute approximate surface area is 131 Å². The van der Waals surface area contributed by atoms with Gasteiger partial charge in [-0.3, -0.25) is 4.57 Å². The van der Waals surface area contributed by atoms with Crippen molar-refractivity contribution in [2.45, 2.75) is 50.7 Å². The van der Waals surface area contributed by atoms with E-state index < -0.39 is 36.2 Å². The number of alkyl halides is 2. The Balaban J connectivity index is 2.29. The fourth-order valence-corrected chi connectivity index (χ4v) is 2.32. The van der Waals surface area contributed by atoms with Crippen LogP contribution in [0.4, 0.5) is 14.6 Å². The summed E-state index contributed by atoms with van der Waals surface area (Å²) in [6.07, 6.45) is -4.79. The third-order valence-electron chi connectivity index (χ3n) is 3.63. The highest BCUT2D eigenvalue weighted by Crippen LogP contribution is 2.43. The first-order chi connectivity index (χ1) is 10.7. The van der Waals surface area contributed by atoms with Crippen LogP contribution in [0.3, 0.4) is 0 Å². The molecule has 1 saturated heterocycles. The number of aliphatic hydroxyl groups is 1. The first-order valence-corrected chi connectivity index (χ1v) is 7.09. The Morgan fingerprint density at radius 1 is 1.70 bits per heavy atom. The van der Waals surface area contributed by atoms with Gasteiger partial charge in [0.1, 0.15) is 18.0 Å².